The molecule has 0 aliphatic carbocycles. The molecule has 1 unspecified atom stereocenters. The van der Waals surface area contributed by atoms with E-state index in [9.17, 15) is 13.0 Å². The Morgan fingerprint density at radius 3 is 2.33 bits per heavy atom. The fourth-order valence-electron chi connectivity index (χ4n) is 1.17. The number of hydrogen-bond acceptors (Lipinski definition) is 2. The quantitative estimate of drug-likeness (QED) is 0.812. The number of unbranched alkanes of at least 4 members (excludes halogenated alkanes) is 1. The first-order valence-electron chi connectivity index (χ1n) is 4.69. The average molecular weight is 233 g/mol. The van der Waals surface area contributed by atoms with Crippen LogP contribution in [0, 0.1) is 11.6 Å². The Balaban J connectivity index is 2.98. The molecule has 1 aromatic rings. The summed E-state index contributed by atoms with van der Waals surface area (Å²) in [4.78, 5) is -0.363. The Morgan fingerprint density at radius 1 is 1.33 bits per heavy atom. The van der Waals surface area contributed by atoms with Crippen molar-refractivity contribution in [1.82, 2.24) is 0 Å². The SMILES string of the molecule is CCCCS(=O)c1c(F)cc(N)cc1F. The van der Waals surface area contributed by atoms with E-state index >= 15 is 0 Å². The van der Waals surface area contributed by atoms with E-state index in [1.807, 2.05) is 6.92 Å². The maximum atomic E-state index is 13.3. The Morgan fingerprint density at radius 2 is 1.87 bits per heavy atom. The van der Waals surface area contributed by atoms with E-state index in [0.29, 0.717) is 6.42 Å². The van der Waals surface area contributed by atoms with Crippen LogP contribution in [0.25, 0.3) is 0 Å². The van der Waals surface area contributed by atoms with Crippen molar-refractivity contribution in [2.24, 2.45) is 0 Å². The summed E-state index contributed by atoms with van der Waals surface area (Å²) in [5.74, 6) is -1.39. The highest BCUT2D eigenvalue weighted by Gasteiger charge is 2.16. The topological polar surface area (TPSA) is 43.1 Å². The highest BCUT2D eigenvalue weighted by molar-refractivity contribution is 7.85. The molecule has 0 saturated heterocycles. The van der Waals surface area contributed by atoms with Crippen molar-refractivity contribution in [2.45, 2.75) is 24.7 Å². The van der Waals surface area contributed by atoms with Gasteiger partial charge in [0.25, 0.3) is 0 Å². The smallest absolute Gasteiger partial charge is 0.144 e. The summed E-state index contributed by atoms with van der Waals surface area (Å²) < 4.78 is 38.1. The minimum atomic E-state index is -1.62. The van der Waals surface area contributed by atoms with Gasteiger partial charge in [-0.15, -0.1) is 0 Å². The van der Waals surface area contributed by atoms with Gasteiger partial charge < -0.3 is 5.73 Å². The molecule has 1 rings (SSSR count). The van der Waals surface area contributed by atoms with Crippen LogP contribution in [0.4, 0.5) is 14.5 Å². The van der Waals surface area contributed by atoms with Crippen LogP contribution >= 0.6 is 0 Å². The molecule has 0 radical (unpaired) electrons. The van der Waals surface area contributed by atoms with Gasteiger partial charge >= 0.3 is 0 Å². The number of anilines is 1. The molecule has 0 amide bonds. The zero-order chi connectivity index (χ0) is 11.4. The van der Waals surface area contributed by atoms with Crippen LogP contribution in [-0.2, 0) is 10.8 Å². The van der Waals surface area contributed by atoms with Gasteiger partial charge in [0.05, 0.1) is 10.8 Å². The Labute approximate surface area is 89.9 Å². The Bertz CT molecular complexity index is 359. The van der Waals surface area contributed by atoms with Gasteiger partial charge in [-0.1, -0.05) is 13.3 Å². The molecule has 1 atom stereocenters. The number of halogens is 2. The molecular weight excluding hydrogens is 220 g/mol. The maximum Gasteiger partial charge on any atom is 0.144 e. The lowest BCUT2D eigenvalue weighted by Crippen LogP contribution is -2.05. The minimum absolute atomic E-state index is 0.00115. The maximum absolute atomic E-state index is 13.3. The molecule has 0 aromatic heterocycles. The van der Waals surface area contributed by atoms with E-state index in [1.54, 1.807) is 0 Å². The van der Waals surface area contributed by atoms with Crippen LogP contribution in [-0.4, -0.2) is 9.96 Å². The third-order valence-electron chi connectivity index (χ3n) is 1.93. The van der Waals surface area contributed by atoms with Crippen molar-refractivity contribution in [3.63, 3.8) is 0 Å². The molecule has 0 aliphatic heterocycles. The highest BCUT2D eigenvalue weighted by atomic mass is 32.2. The predicted molar refractivity (Wildman–Crippen MR) is 57.0 cm³/mol. The summed E-state index contributed by atoms with van der Waals surface area (Å²) in [6.45, 7) is 1.92. The van der Waals surface area contributed by atoms with Crippen molar-refractivity contribution >= 4 is 16.5 Å². The largest absolute Gasteiger partial charge is 0.399 e. The lowest BCUT2D eigenvalue weighted by molar-refractivity contribution is 0.535. The normalized spacial score (nSPS) is 12.7. The standard InChI is InChI=1S/C10H13F2NOS/c1-2-3-4-15(14)10-8(11)5-7(13)6-9(10)12/h5-6H,2-4,13H2,1H3. The van der Waals surface area contributed by atoms with Crippen molar-refractivity contribution in [1.29, 1.82) is 0 Å². The molecule has 2 nitrogen and oxygen atoms in total. The number of nitrogen functional groups attached to an aromatic ring is 1. The lowest BCUT2D eigenvalue weighted by atomic mass is 10.3. The van der Waals surface area contributed by atoms with Crippen LogP contribution < -0.4 is 5.73 Å². The summed E-state index contributed by atoms with van der Waals surface area (Å²) >= 11 is 0. The zero-order valence-corrected chi connectivity index (χ0v) is 9.24. The molecule has 1 aromatic carbocycles. The molecule has 0 bridgehead atoms. The van der Waals surface area contributed by atoms with Crippen molar-refractivity contribution in [2.75, 3.05) is 11.5 Å². The van der Waals surface area contributed by atoms with Crippen LogP contribution in [0.1, 0.15) is 19.8 Å². The van der Waals surface area contributed by atoms with E-state index in [2.05, 4.69) is 0 Å². The third kappa shape index (κ3) is 2.99. The summed E-state index contributed by atoms with van der Waals surface area (Å²) in [5.41, 5.74) is 5.25. The fraction of sp³-hybridized carbons (Fsp3) is 0.400. The van der Waals surface area contributed by atoms with Crippen LogP contribution in [0.3, 0.4) is 0 Å². The molecule has 5 heteroatoms. The predicted octanol–water partition coefficient (Wildman–Crippen LogP) is 2.45. The Kier molecular flexibility index (Phi) is 4.20. The van der Waals surface area contributed by atoms with Crippen LogP contribution in [0.15, 0.2) is 17.0 Å². The summed E-state index contributed by atoms with van der Waals surface area (Å²) in [6, 6.07) is 1.98. The monoisotopic (exact) mass is 233 g/mol. The van der Waals surface area contributed by atoms with Gasteiger partial charge in [0.2, 0.25) is 0 Å². The number of nitrogens with two attached hydrogens (primary N) is 1. The van der Waals surface area contributed by atoms with E-state index in [1.165, 1.54) is 0 Å². The van der Waals surface area contributed by atoms with Crippen molar-refractivity contribution in [3.05, 3.63) is 23.8 Å². The zero-order valence-electron chi connectivity index (χ0n) is 8.43. The first kappa shape index (κ1) is 12.1. The lowest BCUT2D eigenvalue weighted by Gasteiger charge is -2.05. The van der Waals surface area contributed by atoms with Gasteiger partial charge in [0.1, 0.15) is 16.5 Å². The molecular formula is C10H13F2NOS. The van der Waals surface area contributed by atoms with Gasteiger partial charge in [-0.3, -0.25) is 4.21 Å². The molecule has 0 aliphatic rings. The van der Waals surface area contributed by atoms with E-state index in [0.717, 1.165) is 18.6 Å². The third-order valence-corrected chi connectivity index (χ3v) is 3.44. The van der Waals surface area contributed by atoms with E-state index in [4.69, 9.17) is 5.73 Å². The summed E-state index contributed by atoms with van der Waals surface area (Å²) in [6.07, 6.45) is 1.51. The first-order chi connectivity index (χ1) is 7.06. The second kappa shape index (κ2) is 5.21. The molecule has 0 heterocycles. The van der Waals surface area contributed by atoms with Crippen LogP contribution in [0.5, 0.6) is 0 Å². The van der Waals surface area contributed by atoms with E-state index in [-0.39, 0.29) is 16.3 Å². The fourth-order valence-corrected chi connectivity index (χ4v) is 2.48. The average Bonchev–Trinajstić information content (AvgIpc) is 2.12. The number of hydrogen-bond donors (Lipinski definition) is 1. The van der Waals surface area contributed by atoms with Gasteiger partial charge in [-0.05, 0) is 18.6 Å². The first-order valence-corrected chi connectivity index (χ1v) is 6.01. The molecule has 15 heavy (non-hydrogen) atoms. The van der Waals surface area contributed by atoms with E-state index < -0.39 is 22.4 Å². The molecule has 0 spiro atoms. The van der Waals surface area contributed by atoms with Gasteiger partial charge in [-0.2, -0.15) is 0 Å². The van der Waals surface area contributed by atoms with Crippen molar-refractivity contribution in [3.8, 4) is 0 Å². The molecule has 84 valence electrons. The number of benzene rings is 1. The molecule has 0 fully saturated rings. The van der Waals surface area contributed by atoms with Gasteiger partial charge in [-0.25, -0.2) is 8.78 Å². The van der Waals surface area contributed by atoms with Gasteiger partial charge in [0, 0.05) is 11.4 Å². The second-order valence-corrected chi connectivity index (χ2v) is 4.72. The van der Waals surface area contributed by atoms with Gasteiger partial charge in [0.15, 0.2) is 0 Å². The molecule has 2 N–H and O–H groups in total. The second-order valence-electron chi connectivity index (χ2n) is 3.22. The van der Waals surface area contributed by atoms with Crippen molar-refractivity contribution < 1.29 is 13.0 Å². The Hall–Kier alpha value is -0.970. The molecule has 0 saturated carbocycles. The number of rotatable bonds is 4. The summed E-state index contributed by atoms with van der Waals surface area (Å²) in [5, 5.41) is 0. The highest BCUT2D eigenvalue weighted by Crippen LogP contribution is 2.20. The van der Waals surface area contributed by atoms with Crippen LogP contribution in [0.2, 0.25) is 0 Å². The minimum Gasteiger partial charge on any atom is -0.399 e. The summed E-state index contributed by atoms with van der Waals surface area (Å²) in [7, 11) is -1.62.